The Labute approximate surface area is 157 Å². The normalized spacial score (nSPS) is 19.9. The zero-order valence-corrected chi connectivity index (χ0v) is 15.3. The minimum atomic E-state index is -0.278. The molecule has 1 aliphatic rings. The molecule has 0 saturated heterocycles. The molecule has 0 atom stereocenters. The Bertz CT molecular complexity index is 960. The smallest absolute Gasteiger partial charge is 0.275 e. The molecule has 2 N–H and O–H groups in total. The van der Waals surface area contributed by atoms with Gasteiger partial charge in [0, 0.05) is 23.9 Å². The highest BCUT2D eigenvalue weighted by Gasteiger charge is 2.22. The van der Waals surface area contributed by atoms with Crippen molar-refractivity contribution < 1.29 is 9.90 Å². The Morgan fingerprint density at radius 1 is 1.30 bits per heavy atom. The summed E-state index contributed by atoms with van der Waals surface area (Å²) < 4.78 is 2.01. The van der Waals surface area contributed by atoms with Gasteiger partial charge in [0.15, 0.2) is 0 Å². The van der Waals surface area contributed by atoms with Crippen LogP contribution in [0.3, 0.4) is 0 Å². The third-order valence-electron chi connectivity index (χ3n) is 5.22. The summed E-state index contributed by atoms with van der Waals surface area (Å²) in [5, 5.41) is 17.7. The number of hydrogen-bond donors (Lipinski definition) is 2. The summed E-state index contributed by atoms with van der Waals surface area (Å²) in [6.45, 7) is 2.13. The molecule has 0 bridgehead atoms. The molecule has 0 aliphatic heterocycles. The van der Waals surface area contributed by atoms with Gasteiger partial charge in [0.25, 0.3) is 5.91 Å². The van der Waals surface area contributed by atoms with E-state index in [-0.39, 0.29) is 12.5 Å². The lowest BCUT2D eigenvalue weighted by molar-refractivity contribution is 0.102. The predicted molar refractivity (Wildman–Crippen MR) is 103 cm³/mol. The average Bonchev–Trinajstić information content (AvgIpc) is 3.11. The highest BCUT2D eigenvalue weighted by atomic mass is 16.3. The number of aliphatic hydroxyl groups excluding tert-OH is 1. The number of hydrogen-bond acceptors (Lipinski definition) is 5. The van der Waals surface area contributed by atoms with Crippen LogP contribution in [0, 0.1) is 12.8 Å². The monoisotopic (exact) mass is 365 g/mol. The van der Waals surface area contributed by atoms with Crippen LogP contribution in [-0.4, -0.2) is 37.4 Å². The largest absolute Gasteiger partial charge is 0.396 e. The summed E-state index contributed by atoms with van der Waals surface area (Å²) in [6, 6.07) is 7.54. The van der Waals surface area contributed by atoms with E-state index in [9.17, 15) is 9.90 Å². The van der Waals surface area contributed by atoms with Crippen molar-refractivity contribution in [3.8, 4) is 0 Å². The number of carbonyl (C=O) groups is 1. The highest BCUT2D eigenvalue weighted by Crippen LogP contribution is 2.32. The van der Waals surface area contributed by atoms with Gasteiger partial charge >= 0.3 is 0 Å². The number of aryl methyl sites for hydroxylation is 1. The van der Waals surface area contributed by atoms with Crippen LogP contribution < -0.4 is 5.32 Å². The second-order valence-corrected chi connectivity index (χ2v) is 7.21. The van der Waals surface area contributed by atoms with E-state index >= 15 is 0 Å². The van der Waals surface area contributed by atoms with Crippen LogP contribution in [0.4, 0.5) is 5.82 Å². The standard InChI is InChI=1S/C20H23N5O2/c1-13-3-2-4-17(22-13)20(27)23-19-9-15-11-25(24-18(15)10-21-19)16-7-5-14(12-26)6-8-16/h2-4,9-11,14,16,26H,5-8,12H2,1H3,(H,23,27). The number of fused-ring (bicyclic) bond motifs is 1. The molecular formula is C20H23N5O2. The molecular weight excluding hydrogens is 342 g/mol. The summed E-state index contributed by atoms with van der Waals surface area (Å²) in [5.74, 6) is 0.629. The SMILES string of the molecule is Cc1cccc(C(=O)Nc2cc3cn(C4CCC(CO)CC4)nc3cn2)n1. The van der Waals surface area contributed by atoms with E-state index in [0.717, 1.165) is 42.3 Å². The summed E-state index contributed by atoms with van der Waals surface area (Å²) in [5.41, 5.74) is 1.97. The third kappa shape index (κ3) is 3.83. The van der Waals surface area contributed by atoms with Gasteiger partial charge < -0.3 is 10.4 Å². The van der Waals surface area contributed by atoms with Gasteiger partial charge in [-0.15, -0.1) is 0 Å². The number of aliphatic hydroxyl groups is 1. The van der Waals surface area contributed by atoms with Gasteiger partial charge in [-0.05, 0) is 56.7 Å². The minimum absolute atomic E-state index is 0.274. The van der Waals surface area contributed by atoms with Crippen LogP contribution in [0.25, 0.3) is 10.9 Å². The van der Waals surface area contributed by atoms with Crippen LogP contribution in [-0.2, 0) is 0 Å². The Kier molecular flexibility index (Phi) is 4.85. The quantitative estimate of drug-likeness (QED) is 0.741. The molecule has 3 aromatic heterocycles. The number of pyridine rings is 2. The number of aromatic nitrogens is 4. The van der Waals surface area contributed by atoms with Gasteiger partial charge in [0.05, 0.1) is 12.2 Å². The fraction of sp³-hybridized carbons (Fsp3) is 0.400. The summed E-state index contributed by atoms with van der Waals surface area (Å²) in [6.07, 6.45) is 7.80. The van der Waals surface area contributed by atoms with E-state index in [0.29, 0.717) is 23.5 Å². The fourth-order valence-corrected chi connectivity index (χ4v) is 3.64. The first-order valence-corrected chi connectivity index (χ1v) is 9.33. The van der Waals surface area contributed by atoms with Gasteiger partial charge in [-0.3, -0.25) is 9.48 Å². The Hall–Kier alpha value is -2.80. The molecule has 7 heteroatoms. The molecule has 1 amide bonds. The molecule has 0 spiro atoms. The lowest BCUT2D eigenvalue weighted by atomic mass is 9.87. The zero-order chi connectivity index (χ0) is 18.8. The number of carbonyl (C=O) groups excluding carboxylic acids is 1. The molecule has 0 unspecified atom stereocenters. The van der Waals surface area contributed by atoms with Crippen LogP contribution in [0.15, 0.2) is 36.7 Å². The number of anilines is 1. The number of nitrogens with zero attached hydrogens (tertiary/aromatic N) is 4. The Balaban J connectivity index is 1.50. The Morgan fingerprint density at radius 3 is 2.85 bits per heavy atom. The summed E-state index contributed by atoms with van der Waals surface area (Å²) >= 11 is 0. The molecule has 3 heterocycles. The van der Waals surface area contributed by atoms with Crippen molar-refractivity contribution in [3.05, 3.63) is 48.0 Å². The maximum absolute atomic E-state index is 12.4. The lowest BCUT2D eigenvalue weighted by Gasteiger charge is -2.27. The van der Waals surface area contributed by atoms with Crippen molar-refractivity contribution in [3.63, 3.8) is 0 Å². The number of amides is 1. The molecule has 0 radical (unpaired) electrons. The topological polar surface area (TPSA) is 92.9 Å². The molecule has 1 saturated carbocycles. The zero-order valence-electron chi connectivity index (χ0n) is 15.3. The maximum atomic E-state index is 12.4. The summed E-state index contributed by atoms with van der Waals surface area (Å²) in [7, 11) is 0. The molecule has 3 aromatic rings. The van der Waals surface area contributed by atoms with E-state index in [1.54, 1.807) is 12.3 Å². The van der Waals surface area contributed by atoms with Crippen molar-refractivity contribution in [2.24, 2.45) is 5.92 Å². The maximum Gasteiger partial charge on any atom is 0.275 e. The van der Waals surface area contributed by atoms with Crippen LogP contribution in [0.2, 0.25) is 0 Å². The van der Waals surface area contributed by atoms with E-state index in [4.69, 9.17) is 0 Å². The first-order valence-electron chi connectivity index (χ1n) is 9.33. The van der Waals surface area contributed by atoms with E-state index in [2.05, 4.69) is 20.4 Å². The van der Waals surface area contributed by atoms with Gasteiger partial charge in [-0.25, -0.2) is 9.97 Å². The van der Waals surface area contributed by atoms with Gasteiger partial charge in [-0.1, -0.05) is 6.07 Å². The van der Waals surface area contributed by atoms with E-state index in [1.807, 2.05) is 36.0 Å². The first-order chi connectivity index (χ1) is 13.1. The first kappa shape index (κ1) is 17.6. The van der Waals surface area contributed by atoms with Crippen LogP contribution in [0.5, 0.6) is 0 Å². The highest BCUT2D eigenvalue weighted by molar-refractivity contribution is 6.03. The van der Waals surface area contributed by atoms with Crippen molar-refractivity contribution in [1.82, 2.24) is 19.7 Å². The van der Waals surface area contributed by atoms with Crippen LogP contribution >= 0.6 is 0 Å². The number of rotatable bonds is 4. The minimum Gasteiger partial charge on any atom is -0.396 e. The second-order valence-electron chi connectivity index (χ2n) is 7.21. The molecule has 0 aromatic carbocycles. The molecule has 27 heavy (non-hydrogen) atoms. The van der Waals surface area contributed by atoms with Crippen molar-refractivity contribution in [1.29, 1.82) is 0 Å². The summed E-state index contributed by atoms with van der Waals surface area (Å²) in [4.78, 5) is 20.9. The lowest BCUT2D eigenvalue weighted by Crippen LogP contribution is -2.20. The van der Waals surface area contributed by atoms with Crippen LogP contribution in [0.1, 0.15) is 47.9 Å². The van der Waals surface area contributed by atoms with E-state index in [1.165, 1.54) is 0 Å². The number of nitrogens with one attached hydrogen (secondary N) is 1. The van der Waals surface area contributed by atoms with Gasteiger partial charge in [0.2, 0.25) is 0 Å². The second kappa shape index (κ2) is 7.44. The van der Waals surface area contributed by atoms with Crippen molar-refractivity contribution >= 4 is 22.6 Å². The molecule has 7 nitrogen and oxygen atoms in total. The average molecular weight is 365 g/mol. The Morgan fingerprint density at radius 2 is 2.11 bits per heavy atom. The predicted octanol–water partition coefficient (Wildman–Crippen LogP) is 3.11. The molecule has 140 valence electrons. The molecule has 4 rings (SSSR count). The molecule has 1 fully saturated rings. The van der Waals surface area contributed by atoms with E-state index < -0.39 is 0 Å². The fourth-order valence-electron chi connectivity index (χ4n) is 3.64. The van der Waals surface area contributed by atoms with Gasteiger partial charge in [-0.2, -0.15) is 5.10 Å². The van der Waals surface area contributed by atoms with Crippen molar-refractivity contribution in [2.75, 3.05) is 11.9 Å². The molecule has 1 aliphatic carbocycles. The third-order valence-corrected chi connectivity index (χ3v) is 5.22. The van der Waals surface area contributed by atoms with Gasteiger partial charge in [0.1, 0.15) is 17.0 Å². The van der Waals surface area contributed by atoms with Crippen molar-refractivity contribution in [2.45, 2.75) is 38.6 Å².